The van der Waals surface area contributed by atoms with E-state index in [1.54, 1.807) is 35.4 Å². The number of alkyl halides is 3. The predicted molar refractivity (Wildman–Crippen MR) is 117 cm³/mol. The minimum absolute atomic E-state index is 0.000314. The third-order valence-corrected chi connectivity index (χ3v) is 6.62. The van der Waals surface area contributed by atoms with E-state index in [0.29, 0.717) is 36.5 Å². The number of hydrazone groups is 1. The van der Waals surface area contributed by atoms with Crippen LogP contribution in [0.15, 0.2) is 34.4 Å². The summed E-state index contributed by atoms with van der Waals surface area (Å²) in [6, 6.07) is 5.60. The van der Waals surface area contributed by atoms with E-state index in [4.69, 9.17) is 11.6 Å². The highest BCUT2D eigenvalue weighted by Crippen LogP contribution is 2.39. The Kier molecular flexibility index (Phi) is 6.79. The number of nitriles is 1. The summed E-state index contributed by atoms with van der Waals surface area (Å²) in [7, 11) is 0. The van der Waals surface area contributed by atoms with Crippen LogP contribution in [-0.2, 0) is 4.79 Å². The van der Waals surface area contributed by atoms with Crippen molar-refractivity contribution in [1.82, 2.24) is 15.2 Å². The average molecular weight is 481 g/mol. The van der Waals surface area contributed by atoms with Gasteiger partial charge in [0.1, 0.15) is 0 Å². The first-order valence-corrected chi connectivity index (χ1v) is 11.4. The molecule has 3 atom stereocenters. The molecule has 0 radical (unpaired) electrons. The molecular formula is C22H24ClF3N6O. The molecule has 3 unspecified atom stereocenters. The number of guanidine groups is 1. The fourth-order valence-electron chi connectivity index (χ4n) is 4.76. The van der Waals surface area contributed by atoms with Gasteiger partial charge in [0.15, 0.2) is 6.19 Å². The quantitative estimate of drug-likeness (QED) is 0.308. The van der Waals surface area contributed by atoms with Crippen LogP contribution in [0.25, 0.3) is 0 Å². The Balaban J connectivity index is 1.68. The number of rotatable bonds is 3. The summed E-state index contributed by atoms with van der Waals surface area (Å²) in [6.45, 7) is 0.765. The molecule has 1 aromatic carbocycles. The van der Waals surface area contributed by atoms with Crippen molar-refractivity contribution in [3.63, 3.8) is 0 Å². The molecular weight excluding hydrogens is 457 g/mol. The van der Waals surface area contributed by atoms with Gasteiger partial charge in [0, 0.05) is 23.6 Å². The molecule has 0 spiro atoms. The number of amides is 1. The van der Waals surface area contributed by atoms with E-state index in [1.807, 2.05) is 0 Å². The maximum Gasteiger partial charge on any atom is 0.393 e. The number of hydrogen-bond acceptors (Lipinski definition) is 4. The Morgan fingerprint density at radius 1 is 1.21 bits per heavy atom. The molecule has 0 bridgehead atoms. The molecule has 1 saturated heterocycles. The topological polar surface area (TPSA) is 84.1 Å². The van der Waals surface area contributed by atoms with Crippen LogP contribution in [0.2, 0.25) is 5.02 Å². The van der Waals surface area contributed by atoms with Crippen LogP contribution < -0.4 is 5.32 Å². The Morgan fingerprint density at radius 3 is 2.58 bits per heavy atom. The number of aliphatic imine (C=N–C) groups is 1. The van der Waals surface area contributed by atoms with Crippen molar-refractivity contribution in [3.8, 4) is 6.19 Å². The maximum atomic E-state index is 13.6. The molecule has 4 rings (SSSR count). The van der Waals surface area contributed by atoms with Crippen molar-refractivity contribution in [2.24, 2.45) is 16.0 Å². The first-order chi connectivity index (χ1) is 15.8. The Morgan fingerprint density at radius 2 is 1.94 bits per heavy atom. The van der Waals surface area contributed by atoms with Crippen LogP contribution in [0, 0.1) is 17.4 Å². The molecule has 2 fully saturated rings. The van der Waals surface area contributed by atoms with Crippen LogP contribution >= 0.6 is 11.6 Å². The highest BCUT2D eigenvalue weighted by atomic mass is 35.5. The van der Waals surface area contributed by atoms with E-state index < -0.39 is 24.2 Å². The van der Waals surface area contributed by atoms with Gasteiger partial charge in [-0.05, 0) is 31.4 Å². The van der Waals surface area contributed by atoms with Gasteiger partial charge >= 0.3 is 6.18 Å². The van der Waals surface area contributed by atoms with Crippen LogP contribution in [0.5, 0.6) is 0 Å². The lowest BCUT2D eigenvalue weighted by Crippen LogP contribution is -2.46. The van der Waals surface area contributed by atoms with Gasteiger partial charge in [-0.1, -0.05) is 36.6 Å². The number of nitrogens with one attached hydrogen (secondary N) is 1. The molecule has 7 nitrogen and oxygen atoms in total. The predicted octanol–water partition coefficient (Wildman–Crippen LogP) is 3.90. The van der Waals surface area contributed by atoms with Crippen LogP contribution in [-0.4, -0.2) is 58.8 Å². The summed E-state index contributed by atoms with van der Waals surface area (Å²) in [5, 5.41) is 18.3. The standard InChI is InChI=1S/C22H24ClF3N6O/c23-15-9-7-14(8-10-15)20-18(31-11-3-6-19(31)33)12-32(30-20)21(28-13-27)29-17-5-2-1-4-16(17)22(24,25)26/h7-10,16-18H,1-6,11-12H2,(H,28,29). The fourth-order valence-corrected chi connectivity index (χ4v) is 4.88. The molecule has 176 valence electrons. The SMILES string of the molecule is N#CNC(=NC1CCCCC1C(F)(F)F)N1CC(N2CCCC2=O)C(c2ccc(Cl)cc2)=N1. The van der Waals surface area contributed by atoms with Gasteiger partial charge < -0.3 is 4.90 Å². The highest BCUT2D eigenvalue weighted by molar-refractivity contribution is 6.30. The molecule has 2 aliphatic heterocycles. The van der Waals surface area contributed by atoms with Crippen molar-refractivity contribution in [3.05, 3.63) is 34.9 Å². The van der Waals surface area contributed by atoms with Gasteiger partial charge in [0.25, 0.3) is 0 Å². The number of likely N-dealkylation sites (tertiary alicyclic amines) is 1. The summed E-state index contributed by atoms with van der Waals surface area (Å²) in [5.41, 5.74) is 1.33. The Hall–Kier alpha value is -2.80. The number of halogens is 4. The number of carbonyl (C=O) groups excluding carboxylic acids is 1. The van der Waals surface area contributed by atoms with Crippen molar-refractivity contribution in [1.29, 1.82) is 5.26 Å². The maximum absolute atomic E-state index is 13.6. The molecule has 1 amide bonds. The largest absolute Gasteiger partial charge is 0.393 e. The lowest BCUT2D eigenvalue weighted by atomic mass is 9.84. The molecule has 11 heteroatoms. The minimum Gasteiger partial charge on any atom is -0.332 e. The van der Waals surface area contributed by atoms with Crippen LogP contribution in [0.3, 0.4) is 0 Å². The molecule has 1 aliphatic carbocycles. The molecule has 33 heavy (non-hydrogen) atoms. The summed E-state index contributed by atoms with van der Waals surface area (Å²) < 4.78 is 40.7. The second kappa shape index (κ2) is 9.59. The van der Waals surface area contributed by atoms with Gasteiger partial charge in [-0.25, -0.2) is 10.0 Å². The monoisotopic (exact) mass is 480 g/mol. The van der Waals surface area contributed by atoms with Gasteiger partial charge in [0.05, 0.1) is 30.3 Å². The second-order valence-corrected chi connectivity index (χ2v) is 8.91. The lowest BCUT2D eigenvalue weighted by molar-refractivity contribution is -0.185. The molecule has 3 aliphatic rings. The Bertz CT molecular complexity index is 987. The highest BCUT2D eigenvalue weighted by Gasteiger charge is 2.46. The lowest BCUT2D eigenvalue weighted by Gasteiger charge is -2.31. The first-order valence-electron chi connectivity index (χ1n) is 11.0. The summed E-state index contributed by atoms with van der Waals surface area (Å²) in [4.78, 5) is 18.5. The number of carbonyl (C=O) groups is 1. The molecule has 1 N–H and O–H groups in total. The van der Waals surface area contributed by atoms with E-state index in [-0.39, 0.29) is 31.3 Å². The van der Waals surface area contributed by atoms with Gasteiger partial charge in [-0.3, -0.25) is 10.1 Å². The van der Waals surface area contributed by atoms with Crippen molar-refractivity contribution < 1.29 is 18.0 Å². The average Bonchev–Trinajstić information content (AvgIpc) is 3.40. The van der Waals surface area contributed by atoms with Gasteiger partial charge in [0.2, 0.25) is 11.9 Å². The van der Waals surface area contributed by atoms with E-state index in [1.165, 1.54) is 5.01 Å². The molecule has 2 heterocycles. The van der Waals surface area contributed by atoms with Crippen molar-refractivity contribution in [2.45, 2.75) is 56.8 Å². The zero-order valence-corrected chi connectivity index (χ0v) is 18.6. The third-order valence-electron chi connectivity index (χ3n) is 6.37. The molecule has 1 saturated carbocycles. The normalized spacial score (nSPS) is 26.4. The van der Waals surface area contributed by atoms with Crippen molar-refractivity contribution >= 4 is 29.2 Å². The van der Waals surface area contributed by atoms with E-state index in [0.717, 1.165) is 12.0 Å². The Labute approximate surface area is 194 Å². The number of nitrogens with zero attached hydrogens (tertiary/aromatic N) is 5. The van der Waals surface area contributed by atoms with E-state index >= 15 is 0 Å². The fraction of sp³-hybridized carbons (Fsp3) is 0.545. The van der Waals surface area contributed by atoms with Crippen molar-refractivity contribution in [2.75, 3.05) is 13.1 Å². The number of hydrogen-bond donors (Lipinski definition) is 1. The summed E-state index contributed by atoms with van der Waals surface area (Å²) in [5.74, 6) is -1.58. The van der Waals surface area contributed by atoms with Crippen LogP contribution in [0.1, 0.15) is 44.1 Å². The van der Waals surface area contributed by atoms with Crippen LogP contribution in [0.4, 0.5) is 13.2 Å². The third kappa shape index (κ3) is 5.08. The minimum atomic E-state index is -4.36. The zero-order chi connectivity index (χ0) is 23.6. The zero-order valence-electron chi connectivity index (χ0n) is 17.9. The second-order valence-electron chi connectivity index (χ2n) is 8.47. The van der Waals surface area contributed by atoms with Gasteiger partial charge in [-0.2, -0.15) is 23.5 Å². The smallest absolute Gasteiger partial charge is 0.332 e. The number of benzene rings is 1. The molecule has 1 aromatic rings. The first kappa shape index (κ1) is 23.4. The summed E-state index contributed by atoms with van der Waals surface area (Å²) >= 11 is 6.01. The molecule has 0 aromatic heterocycles. The summed E-state index contributed by atoms with van der Waals surface area (Å²) in [6.07, 6.45) is 0.0306. The van der Waals surface area contributed by atoms with E-state index in [9.17, 15) is 23.2 Å². The van der Waals surface area contributed by atoms with E-state index in [2.05, 4.69) is 15.4 Å². The van der Waals surface area contributed by atoms with Gasteiger partial charge in [-0.15, -0.1) is 0 Å².